The monoisotopic (exact) mass is 393 g/mol. The lowest BCUT2D eigenvalue weighted by molar-refractivity contribution is 0.145. The van der Waals surface area contributed by atoms with Gasteiger partial charge in [-0.15, -0.1) is 0 Å². The molecule has 154 valence electrons. The second kappa shape index (κ2) is 8.89. The van der Waals surface area contributed by atoms with Gasteiger partial charge in [-0.25, -0.2) is 10.9 Å². The van der Waals surface area contributed by atoms with Gasteiger partial charge in [0.25, 0.3) is 0 Å². The van der Waals surface area contributed by atoms with Gasteiger partial charge in [-0.1, -0.05) is 60.7 Å². The van der Waals surface area contributed by atoms with Crippen molar-refractivity contribution >= 4 is 0 Å². The summed E-state index contributed by atoms with van der Waals surface area (Å²) in [6.45, 7) is 3.36. The molecule has 0 spiro atoms. The van der Waals surface area contributed by atoms with E-state index in [0.29, 0.717) is 23.9 Å². The number of rotatable bonds is 6. The van der Waals surface area contributed by atoms with E-state index in [9.17, 15) is 0 Å². The van der Waals surface area contributed by atoms with Crippen LogP contribution in [-0.4, -0.2) is 42.8 Å². The van der Waals surface area contributed by atoms with Crippen LogP contribution < -0.4 is 32.8 Å². The molecule has 7 nitrogen and oxygen atoms in total. The number of likely N-dealkylation sites (tertiary alicyclic amines) is 1. The van der Waals surface area contributed by atoms with Crippen molar-refractivity contribution in [1.29, 1.82) is 0 Å². The van der Waals surface area contributed by atoms with Gasteiger partial charge in [0.2, 0.25) is 0 Å². The minimum atomic E-state index is 0.268. The maximum atomic E-state index is 3.69. The van der Waals surface area contributed by atoms with Crippen molar-refractivity contribution in [2.75, 3.05) is 19.6 Å². The van der Waals surface area contributed by atoms with Crippen molar-refractivity contribution in [1.82, 2.24) is 37.7 Å². The van der Waals surface area contributed by atoms with E-state index < -0.39 is 0 Å². The molecule has 2 aromatic carbocycles. The Labute approximate surface area is 172 Å². The number of nitrogens with one attached hydrogen (secondary N) is 6. The van der Waals surface area contributed by atoms with E-state index in [2.05, 4.69) is 98.3 Å². The van der Waals surface area contributed by atoms with E-state index in [-0.39, 0.29) is 6.17 Å². The Hall–Kier alpha value is -1.84. The standard InChI is InChI=1S/C22H31N7/c1-3-7-16(8-4-1)21(17-9-5-2-6-10-17)22-18-15-29(13-11-19(18)23-26-22)14-12-20-24-27-28-25-20/h1-10,18-28H,11-15H2. The number of hydrogen-bond acceptors (Lipinski definition) is 7. The zero-order valence-corrected chi connectivity index (χ0v) is 16.6. The van der Waals surface area contributed by atoms with Crippen LogP contribution in [0.1, 0.15) is 29.9 Å². The van der Waals surface area contributed by atoms with Gasteiger partial charge in [0.15, 0.2) is 0 Å². The molecule has 3 atom stereocenters. The Morgan fingerprint density at radius 3 is 2.14 bits per heavy atom. The smallest absolute Gasteiger partial charge is 0.0871 e. The zero-order chi connectivity index (χ0) is 19.5. The second-order valence-corrected chi connectivity index (χ2v) is 8.35. The van der Waals surface area contributed by atoms with Crippen molar-refractivity contribution in [2.24, 2.45) is 5.92 Å². The molecule has 0 aliphatic carbocycles. The SMILES string of the molecule is c1ccc(C(c2ccccc2)C2NNC3CCN(CCC4NNNN4)CC32)cc1. The first kappa shape index (κ1) is 19.1. The van der Waals surface area contributed by atoms with Crippen molar-refractivity contribution in [3.05, 3.63) is 71.8 Å². The van der Waals surface area contributed by atoms with Gasteiger partial charge in [-0.3, -0.25) is 10.9 Å². The largest absolute Gasteiger partial charge is 0.303 e. The number of hydrogen-bond donors (Lipinski definition) is 6. The van der Waals surface area contributed by atoms with Crippen LogP contribution in [-0.2, 0) is 0 Å². The van der Waals surface area contributed by atoms with Crippen molar-refractivity contribution < 1.29 is 0 Å². The van der Waals surface area contributed by atoms with Crippen molar-refractivity contribution in [2.45, 2.75) is 37.0 Å². The van der Waals surface area contributed by atoms with Gasteiger partial charge in [0.05, 0.1) is 6.17 Å². The van der Waals surface area contributed by atoms with E-state index in [1.807, 2.05) is 0 Å². The predicted molar refractivity (Wildman–Crippen MR) is 114 cm³/mol. The fraction of sp³-hybridized carbons (Fsp3) is 0.455. The van der Waals surface area contributed by atoms with E-state index >= 15 is 0 Å². The highest BCUT2D eigenvalue weighted by Gasteiger charge is 2.43. The summed E-state index contributed by atoms with van der Waals surface area (Å²) in [4.78, 5) is 2.62. The fourth-order valence-corrected chi connectivity index (χ4v) is 5.11. The molecule has 3 fully saturated rings. The number of nitrogens with zero attached hydrogens (tertiary/aromatic N) is 1. The van der Waals surface area contributed by atoms with Crippen LogP contribution in [0.5, 0.6) is 0 Å². The normalized spacial score (nSPS) is 28.1. The third-order valence-corrected chi connectivity index (χ3v) is 6.60. The molecule has 3 saturated heterocycles. The molecule has 0 amide bonds. The highest BCUT2D eigenvalue weighted by Crippen LogP contribution is 2.37. The minimum Gasteiger partial charge on any atom is -0.303 e. The molecular weight excluding hydrogens is 362 g/mol. The van der Waals surface area contributed by atoms with Crippen LogP contribution in [0.3, 0.4) is 0 Å². The van der Waals surface area contributed by atoms with Crippen molar-refractivity contribution in [3.63, 3.8) is 0 Å². The highest BCUT2D eigenvalue weighted by molar-refractivity contribution is 5.35. The molecular formula is C22H31N7. The van der Waals surface area contributed by atoms with Gasteiger partial charge in [-0.05, 0) is 30.5 Å². The lowest BCUT2D eigenvalue weighted by Crippen LogP contribution is -2.48. The summed E-state index contributed by atoms with van der Waals surface area (Å²) >= 11 is 0. The quantitative estimate of drug-likeness (QED) is 0.434. The third-order valence-electron chi connectivity index (χ3n) is 6.60. The molecule has 0 bridgehead atoms. The molecule has 0 radical (unpaired) electrons. The average Bonchev–Trinajstić information content (AvgIpc) is 3.44. The summed E-state index contributed by atoms with van der Waals surface area (Å²) in [5.41, 5.74) is 22.3. The molecule has 5 rings (SSSR count). The van der Waals surface area contributed by atoms with E-state index in [1.54, 1.807) is 0 Å². The zero-order valence-electron chi connectivity index (χ0n) is 16.6. The summed E-state index contributed by atoms with van der Waals surface area (Å²) < 4.78 is 0. The maximum Gasteiger partial charge on any atom is 0.0871 e. The number of piperidine rings is 1. The molecule has 29 heavy (non-hydrogen) atoms. The van der Waals surface area contributed by atoms with Crippen LogP contribution in [0.4, 0.5) is 0 Å². The first-order chi connectivity index (χ1) is 14.4. The van der Waals surface area contributed by atoms with Gasteiger partial charge < -0.3 is 4.90 Å². The first-order valence-electron chi connectivity index (χ1n) is 10.7. The van der Waals surface area contributed by atoms with E-state index in [4.69, 9.17) is 0 Å². The summed E-state index contributed by atoms with van der Waals surface area (Å²) in [6, 6.07) is 22.8. The molecule has 0 saturated carbocycles. The van der Waals surface area contributed by atoms with Crippen molar-refractivity contribution in [3.8, 4) is 0 Å². The molecule has 3 aliphatic heterocycles. The Morgan fingerprint density at radius 1 is 0.828 bits per heavy atom. The molecule has 2 aromatic rings. The van der Waals surface area contributed by atoms with Gasteiger partial charge in [0, 0.05) is 37.0 Å². The van der Waals surface area contributed by atoms with Gasteiger partial charge in [0.1, 0.15) is 0 Å². The Bertz CT molecular complexity index is 726. The lowest BCUT2D eigenvalue weighted by Gasteiger charge is -2.38. The Kier molecular flexibility index (Phi) is 5.87. The van der Waals surface area contributed by atoms with E-state index in [0.717, 1.165) is 26.1 Å². The van der Waals surface area contributed by atoms with Crippen LogP contribution in [0.25, 0.3) is 0 Å². The number of fused-ring (bicyclic) bond motifs is 1. The molecule has 3 unspecified atom stereocenters. The molecule has 0 aromatic heterocycles. The van der Waals surface area contributed by atoms with Crippen LogP contribution in [0, 0.1) is 5.92 Å². The average molecular weight is 394 g/mol. The lowest BCUT2D eigenvalue weighted by atomic mass is 9.76. The highest BCUT2D eigenvalue weighted by atomic mass is 15.8. The van der Waals surface area contributed by atoms with Gasteiger partial charge >= 0.3 is 0 Å². The van der Waals surface area contributed by atoms with E-state index in [1.165, 1.54) is 17.5 Å². The summed E-state index contributed by atoms with van der Waals surface area (Å²) in [6.07, 6.45) is 2.51. The molecule has 7 heteroatoms. The molecule has 3 aliphatic rings. The number of benzene rings is 2. The summed E-state index contributed by atoms with van der Waals surface area (Å²) in [7, 11) is 0. The third kappa shape index (κ3) is 4.22. The number of hydrazine groups is 4. The first-order valence-corrected chi connectivity index (χ1v) is 10.7. The van der Waals surface area contributed by atoms with Crippen LogP contribution in [0.15, 0.2) is 60.7 Å². The maximum absolute atomic E-state index is 3.69. The van der Waals surface area contributed by atoms with Gasteiger partial charge in [-0.2, -0.15) is 11.1 Å². The second-order valence-electron chi connectivity index (χ2n) is 8.35. The Morgan fingerprint density at radius 2 is 1.48 bits per heavy atom. The molecule has 3 heterocycles. The minimum absolute atomic E-state index is 0.268. The summed E-state index contributed by atoms with van der Waals surface area (Å²) in [5, 5.41) is 0. The predicted octanol–water partition coefficient (Wildman–Crippen LogP) is 0.819. The Balaban J connectivity index is 1.34. The fourth-order valence-electron chi connectivity index (χ4n) is 5.11. The van der Waals surface area contributed by atoms with Crippen LogP contribution >= 0.6 is 0 Å². The summed E-state index contributed by atoms with van der Waals surface area (Å²) in [5.74, 6) is 0.918. The topological polar surface area (TPSA) is 75.4 Å². The van der Waals surface area contributed by atoms with Crippen LogP contribution in [0.2, 0.25) is 0 Å². The molecule has 6 N–H and O–H groups in total.